The van der Waals surface area contributed by atoms with Crippen molar-refractivity contribution >= 4 is 13.4 Å². The Bertz CT molecular complexity index is 703. The van der Waals surface area contributed by atoms with Gasteiger partial charge in [-0.2, -0.15) is 0 Å². The van der Waals surface area contributed by atoms with Gasteiger partial charge >= 0.3 is 103 Å². The van der Waals surface area contributed by atoms with Gasteiger partial charge in [-0.25, -0.2) is 0 Å². The number of hydrogen-bond donors (Lipinski definition) is 0. The molecule has 0 N–H and O–H groups in total. The van der Waals surface area contributed by atoms with E-state index in [1.807, 2.05) is 54.6 Å². The van der Waals surface area contributed by atoms with E-state index in [2.05, 4.69) is 0 Å². The molecule has 2 rings (SSSR count). The molecule has 0 unspecified atom stereocenters. The molecule has 0 amide bonds. The Morgan fingerprint density at radius 2 is 1.60 bits per heavy atom. The zero-order valence-electron chi connectivity index (χ0n) is 14.5. The van der Waals surface area contributed by atoms with Gasteiger partial charge in [-0.05, 0) is 42.7 Å². The van der Waals surface area contributed by atoms with Gasteiger partial charge in [0.1, 0.15) is 17.3 Å². The van der Waals surface area contributed by atoms with Crippen LogP contribution >= 0.6 is 7.60 Å². The normalized spacial score (nSPS) is 10.3. The average Bonchev–Trinajstić information content (AvgIpc) is 2.47. The van der Waals surface area contributed by atoms with E-state index in [0.29, 0.717) is 18.6 Å². The second-order valence-electron chi connectivity index (χ2n) is 5.22. The minimum Gasteiger partial charge on any atom is -0.810 e. The summed E-state index contributed by atoms with van der Waals surface area (Å²) in [6.07, 6.45) is 0.287. The largest absolute Gasteiger partial charge is 1.00 e. The number of para-hydroxylation sites is 1. The first-order chi connectivity index (χ1) is 10.9. The fourth-order valence-corrected chi connectivity index (χ4v) is 2.76. The van der Waals surface area contributed by atoms with Crippen LogP contribution in [0.15, 0.2) is 54.6 Å². The van der Waals surface area contributed by atoms with Crippen LogP contribution in [0.25, 0.3) is 0 Å². The quantitative estimate of drug-likeness (QED) is 0.330. The van der Waals surface area contributed by atoms with Gasteiger partial charge in [-0.3, -0.25) is 4.79 Å². The van der Waals surface area contributed by atoms with E-state index < -0.39 is 19.5 Å². The summed E-state index contributed by atoms with van der Waals surface area (Å²) in [5.74, 6) is 0.903. The maximum Gasteiger partial charge on any atom is 1.00 e. The standard InChI is InChI=1S/C17H19O5P.2K/c18-15(13-23(19,20)21)8-4-6-14-7-5-11-17(12-14)22-16-9-2-1-3-10-16;;/h1-3,5,7,9-12H,4,6,8,13H2,(H2,19,20,21);;/q;2*+1/p-2. The minimum absolute atomic E-state index is 0. The van der Waals surface area contributed by atoms with Crippen LogP contribution in [0.5, 0.6) is 11.5 Å². The molecule has 5 nitrogen and oxygen atoms in total. The topological polar surface area (TPSA) is 89.5 Å². The van der Waals surface area contributed by atoms with Gasteiger partial charge < -0.3 is 19.1 Å². The van der Waals surface area contributed by atoms with Crippen LogP contribution in [0.2, 0.25) is 0 Å². The van der Waals surface area contributed by atoms with Gasteiger partial charge in [0, 0.05) is 12.6 Å². The summed E-state index contributed by atoms with van der Waals surface area (Å²) < 4.78 is 16.3. The number of Topliss-reactive ketones (excluding diaryl/α,β-unsaturated/α-hetero) is 1. The molecule has 2 aromatic carbocycles. The molecule has 0 heterocycles. The third-order valence-electron chi connectivity index (χ3n) is 3.17. The molecule has 122 valence electrons. The third-order valence-corrected chi connectivity index (χ3v) is 3.91. The van der Waals surface area contributed by atoms with Crippen LogP contribution in [0.4, 0.5) is 0 Å². The van der Waals surface area contributed by atoms with Crippen LogP contribution in [0, 0.1) is 0 Å². The van der Waals surface area contributed by atoms with Gasteiger partial charge in [-0.1, -0.05) is 37.9 Å². The first-order valence-corrected chi connectivity index (χ1v) is 9.00. The molecule has 0 aromatic heterocycles. The SMILES string of the molecule is O=C(CCCc1cccc(Oc2ccccc2)c1)CP(=O)([O-])[O-].[K+].[K+]. The molecule has 0 aliphatic rings. The van der Waals surface area contributed by atoms with Crippen molar-refractivity contribution in [2.24, 2.45) is 0 Å². The van der Waals surface area contributed by atoms with Gasteiger partial charge in [-0.15, -0.1) is 0 Å². The number of ether oxygens (including phenoxy) is 1. The molecule has 8 heteroatoms. The molecular weight excluding hydrogens is 393 g/mol. The zero-order chi connectivity index (χ0) is 16.7. The second-order valence-corrected chi connectivity index (χ2v) is 6.76. The number of aryl methyl sites for hydroxylation is 1. The van der Waals surface area contributed by atoms with E-state index in [9.17, 15) is 19.1 Å². The molecule has 0 aliphatic heterocycles. The van der Waals surface area contributed by atoms with Crippen LogP contribution in [0.1, 0.15) is 18.4 Å². The Labute approximate surface area is 232 Å². The van der Waals surface area contributed by atoms with Crippen LogP contribution < -0.4 is 117 Å². The molecule has 0 fully saturated rings. The van der Waals surface area contributed by atoms with E-state index in [0.717, 1.165) is 11.3 Å². The monoisotopic (exact) mass is 410 g/mol. The predicted octanol–water partition coefficient (Wildman–Crippen LogP) is -3.71. The van der Waals surface area contributed by atoms with Gasteiger partial charge in [0.2, 0.25) is 0 Å². The molecule has 0 radical (unpaired) electrons. The fourth-order valence-electron chi connectivity index (χ4n) is 2.17. The number of benzene rings is 2. The molecule has 0 aliphatic carbocycles. The van der Waals surface area contributed by atoms with E-state index in [1.54, 1.807) is 0 Å². The number of carbonyl (C=O) groups excluding carboxylic acids is 1. The Morgan fingerprint density at radius 3 is 2.24 bits per heavy atom. The predicted molar refractivity (Wildman–Crippen MR) is 83.4 cm³/mol. The van der Waals surface area contributed by atoms with Crippen LogP contribution in [0.3, 0.4) is 0 Å². The fraction of sp³-hybridized carbons (Fsp3) is 0.235. The summed E-state index contributed by atoms with van der Waals surface area (Å²) >= 11 is 0. The second kappa shape index (κ2) is 13.5. The Morgan fingerprint density at radius 1 is 0.960 bits per heavy atom. The molecule has 0 atom stereocenters. The Kier molecular flexibility index (Phi) is 14.2. The van der Waals surface area contributed by atoms with Crippen molar-refractivity contribution in [2.75, 3.05) is 6.16 Å². The van der Waals surface area contributed by atoms with Gasteiger partial charge in [0.25, 0.3) is 0 Å². The van der Waals surface area contributed by atoms with Gasteiger partial charge in [0.15, 0.2) is 0 Å². The molecule has 0 bridgehead atoms. The summed E-state index contributed by atoms with van der Waals surface area (Å²) in [5, 5.41) is 0. The van der Waals surface area contributed by atoms with E-state index >= 15 is 0 Å². The van der Waals surface area contributed by atoms with Crippen molar-refractivity contribution in [3.8, 4) is 11.5 Å². The van der Waals surface area contributed by atoms with E-state index in [-0.39, 0.29) is 109 Å². The number of carbonyl (C=O) groups is 1. The number of rotatable bonds is 8. The molecule has 25 heavy (non-hydrogen) atoms. The van der Waals surface area contributed by atoms with Gasteiger partial charge in [0.05, 0.1) is 0 Å². The molecule has 0 saturated heterocycles. The zero-order valence-corrected chi connectivity index (χ0v) is 21.7. The Balaban J connectivity index is 0.00000288. The number of ketones is 1. The number of hydrogen-bond acceptors (Lipinski definition) is 5. The van der Waals surface area contributed by atoms with Crippen molar-refractivity contribution in [1.29, 1.82) is 0 Å². The van der Waals surface area contributed by atoms with Crippen molar-refractivity contribution in [3.63, 3.8) is 0 Å². The maximum atomic E-state index is 11.4. The minimum atomic E-state index is -4.75. The molecule has 2 aromatic rings. The van der Waals surface area contributed by atoms with Crippen molar-refractivity contribution in [3.05, 3.63) is 60.2 Å². The third kappa shape index (κ3) is 11.7. The van der Waals surface area contributed by atoms with Crippen LogP contribution in [-0.2, 0) is 15.8 Å². The molecular formula is C17H17K2O5P. The summed E-state index contributed by atoms with van der Waals surface area (Å²) in [7, 11) is -4.75. The van der Waals surface area contributed by atoms with Crippen molar-refractivity contribution in [2.45, 2.75) is 19.3 Å². The van der Waals surface area contributed by atoms with Crippen molar-refractivity contribution < 1.29 is 127 Å². The first kappa shape index (κ1) is 26.3. The van der Waals surface area contributed by atoms with E-state index in [1.165, 1.54) is 0 Å². The molecule has 0 saturated carbocycles. The summed E-state index contributed by atoms with van der Waals surface area (Å²) in [6, 6.07) is 16.9. The summed E-state index contributed by atoms with van der Waals surface area (Å²) in [6.45, 7) is 0. The van der Waals surface area contributed by atoms with Crippen molar-refractivity contribution in [1.82, 2.24) is 0 Å². The Hall–Kier alpha value is 1.33. The average molecular weight is 410 g/mol. The summed E-state index contributed by atoms with van der Waals surface area (Å²) in [4.78, 5) is 32.4. The van der Waals surface area contributed by atoms with Crippen LogP contribution in [-0.4, -0.2) is 11.9 Å². The van der Waals surface area contributed by atoms with E-state index in [4.69, 9.17) is 4.74 Å². The molecule has 0 spiro atoms. The smallest absolute Gasteiger partial charge is 0.810 e. The summed E-state index contributed by atoms with van der Waals surface area (Å²) in [5.41, 5.74) is 0.985. The maximum absolute atomic E-state index is 11.4. The first-order valence-electron chi connectivity index (χ1n) is 7.27.